The number of alkyl halides is 3. The molecule has 0 spiro atoms. The molecule has 0 heterocycles. The molecule has 25 heavy (non-hydrogen) atoms. The van der Waals surface area contributed by atoms with Crippen molar-refractivity contribution in [2.45, 2.75) is 30.0 Å². The minimum atomic E-state index is -4.73. The molecule has 0 saturated heterocycles. The van der Waals surface area contributed by atoms with Gasteiger partial charge in [0.1, 0.15) is 6.04 Å². The topological polar surface area (TPSA) is 145 Å². The largest absolute Gasteiger partial charge is 0.480 e. The Balaban J connectivity index is 2.89. The molecule has 1 aromatic carbocycles. The molecule has 0 aliphatic rings. The average Bonchev–Trinajstić information content (AvgIpc) is 2.49. The molecule has 1 unspecified atom stereocenters. The van der Waals surface area contributed by atoms with E-state index in [0.717, 1.165) is 12.1 Å². The zero-order chi connectivity index (χ0) is 19.3. The molecular formula is C13H17F3N4O4S. The quantitative estimate of drug-likeness (QED) is 0.254. The number of halogens is 3. The molecule has 0 saturated carbocycles. The maximum atomic E-state index is 12.7. The molecule has 8 nitrogen and oxygen atoms in total. The minimum Gasteiger partial charge on any atom is -0.480 e. The third-order valence-corrected chi connectivity index (χ3v) is 4.52. The van der Waals surface area contributed by atoms with Crippen LogP contribution in [0.15, 0.2) is 29.2 Å². The minimum absolute atomic E-state index is 0.143. The number of nitrogens with one attached hydrogen (secondary N) is 3. The second-order valence-corrected chi connectivity index (χ2v) is 6.73. The number of benzene rings is 1. The second kappa shape index (κ2) is 8.16. The van der Waals surface area contributed by atoms with E-state index in [1.807, 2.05) is 4.72 Å². The first kappa shape index (κ1) is 20.7. The summed E-state index contributed by atoms with van der Waals surface area (Å²) in [7, 11) is -4.46. The van der Waals surface area contributed by atoms with Gasteiger partial charge in [-0.15, -0.1) is 0 Å². The van der Waals surface area contributed by atoms with Crippen LogP contribution in [0.1, 0.15) is 18.4 Å². The number of sulfonamides is 1. The van der Waals surface area contributed by atoms with Gasteiger partial charge in [-0.3, -0.25) is 10.2 Å². The predicted molar refractivity (Wildman–Crippen MR) is 82.3 cm³/mol. The molecule has 1 atom stereocenters. The maximum absolute atomic E-state index is 12.7. The number of carbonyl (C=O) groups is 1. The van der Waals surface area contributed by atoms with E-state index in [1.165, 1.54) is 0 Å². The van der Waals surface area contributed by atoms with E-state index in [9.17, 15) is 26.4 Å². The van der Waals surface area contributed by atoms with E-state index in [0.29, 0.717) is 12.1 Å². The van der Waals surface area contributed by atoms with Crippen molar-refractivity contribution in [2.75, 3.05) is 6.54 Å². The summed E-state index contributed by atoms with van der Waals surface area (Å²) in [5.41, 5.74) is 3.89. The molecule has 1 rings (SSSR count). The van der Waals surface area contributed by atoms with Crippen LogP contribution >= 0.6 is 0 Å². The molecule has 0 amide bonds. The average molecular weight is 382 g/mol. The summed E-state index contributed by atoms with van der Waals surface area (Å²) < 4.78 is 64.2. The summed E-state index contributed by atoms with van der Waals surface area (Å²) in [6.45, 7) is 0.143. The van der Waals surface area contributed by atoms with Crippen LogP contribution < -0.4 is 15.8 Å². The van der Waals surface area contributed by atoms with Gasteiger partial charge >= 0.3 is 12.1 Å². The van der Waals surface area contributed by atoms with Crippen LogP contribution in [-0.2, 0) is 21.0 Å². The number of carboxylic acids is 1. The normalized spacial score (nSPS) is 13.2. The number of carboxylic acid groups (broad SMARTS) is 1. The van der Waals surface area contributed by atoms with Crippen molar-refractivity contribution < 1.29 is 31.5 Å². The van der Waals surface area contributed by atoms with Crippen LogP contribution in [0, 0.1) is 5.41 Å². The zero-order valence-corrected chi connectivity index (χ0v) is 13.6. The number of guanidine groups is 1. The van der Waals surface area contributed by atoms with Crippen LogP contribution in [0.4, 0.5) is 13.2 Å². The fourth-order valence-corrected chi connectivity index (χ4v) is 3.13. The highest BCUT2D eigenvalue weighted by Gasteiger charge is 2.32. The number of hydrogen-bond donors (Lipinski definition) is 5. The molecule has 6 N–H and O–H groups in total. The Morgan fingerprint density at radius 1 is 1.36 bits per heavy atom. The van der Waals surface area contributed by atoms with Crippen LogP contribution in [0.25, 0.3) is 0 Å². The summed E-state index contributed by atoms with van der Waals surface area (Å²) in [5, 5.41) is 18.4. The van der Waals surface area contributed by atoms with Crippen molar-refractivity contribution in [1.82, 2.24) is 10.0 Å². The lowest BCUT2D eigenvalue weighted by atomic mass is 10.2. The first-order valence-electron chi connectivity index (χ1n) is 6.94. The van der Waals surface area contributed by atoms with Gasteiger partial charge in [0.15, 0.2) is 5.96 Å². The van der Waals surface area contributed by atoms with Gasteiger partial charge in [0, 0.05) is 6.54 Å². The maximum Gasteiger partial charge on any atom is 0.416 e. The fourth-order valence-electron chi connectivity index (χ4n) is 1.86. The fraction of sp³-hybridized carbons (Fsp3) is 0.385. The Morgan fingerprint density at radius 2 is 2.00 bits per heavy atom. The molecule has 0 aliphatic carbocycles. The van der Waals surface area contributed by atoms with Gasteiger partial charge in [-0.2, -0.15) is 17.9 Å². The summed E-state index contributed by atoms with van der Waals surface area (Å²) in [6.07, 6.45) is -4.70. The van der Waals surface area contributed by atoms with E-state index in [2.05, 4.69) is 5.32 Å². The Kier molecular flexibility index (Phi) is 6.76. The SMILES string of the molecule is N=C(N)NCCCC(NS(=O)(=O)c1cccc(C(F)(F)F)c1)C(=O)O. The molecule has 0 aliphatic heterocycles. The van der Waals surface area contributed by atoms with E-state index < -0.39 is 38.7 Å². The van der Waals surface area contributed by atoms with Crippen molar-refractivity contribution in [2.24, 2.45) is 5.73 Å². The van der Waals surface area contributed by atoms with E-state index in [1.54, 1.807) is 0 Å². The molecule has 12 heteroatoms. The molecule has 0 fully saturated rings. The molecule has 140 valence electrons. The first-order valence-corrected chi connectivity index (χ1v) is 8.42. The highest BCUT2D eigenvalue weighted by Crippen LogP contribution is 2.30. The third-order valence-electron chi connectivity index (χ3n) is 3.05. The first-order chi connectivity index (χ1) is 11.4. The second-order valence-electron chi connectivity index (χ2n) is 5.02. The van der Waals surface area contributed by atoms with E-state index in [-0.39, 0.29) is 25.3 Å². The standard InChI is InChI=1S/C13H17F3N4O4S/c14-13(15,16)8-3-1-4-9(7-8)25(23,24)20-10(11(21)22)5-2-6-19-12(17)18/h1,3-4,7,10,20H,2,5-6H2,(H,21,22)(H4,17,18,19). The number of aliphatic carboxylic acids is 1. The zero-order valence-electron chi connectivity index (χ0n) is 12.8. The van der Waals surface area contributed by atoms with Crippen molar-refractivity contribution >= 4 is 22.0 Å². The Morgan fingerprint density at radius 3 is 2.52 bits per heavy atom. The van der Waals surface area contributed by atoms with E-state index >= 15 is 0 Å². The smallest absolute Gasteiger partial charge is 0.416 e. The van der Waals surface area contributed by atoms with Crippen molar-refractivity contribution in [3.63, 3.8) is 0 Å². The number of hydrogen-bond acceptors (Lipinski definition) is 4. The van der Waals surface area contributed by atoms with Crippen LogP contribution in [0.2, 0.25) is 0 Å². The van der Waals surface area contributed by atoms with Gasteiger partial charge in [0.2, 0.25) is 10.0 Å². The molecule has 1 aromatic rings. The lowest BCUT2D eigenvalue weighted by molar-refractivity contribution is -0.139. The van der Waals surface area contributed by atoms with Crippen LogP contribution in [0.3, 0.4) is 0 Å². The van der Waals surface area contributed by atoms with Gasteiger partial charge < -0.3 is 16.2 Å². The Hall–Kier alpha value is -2.34. The van der Waals surface area contributed by atoms with Crippen molar-refractivity contribution in [3.05, 3.63) is 29.8 Å². The highest BCUT2D eigenvalue weighted by molar-refractivity contribution is 7.89. The summed E-state index contributed by atoms with van der Waals surface area (Å²) in [6, 6.07) is 1.46. The van der Waals surface area contributed by atoms with Gasteiger partial charge in [-0.05, 0) is 31.0 Å². The van der Waals surface area contributed by atoms with E-state index in [4.69, 9.17) is 16.2 Å². The number of nitrogens with two attached hydrogens (primary N) is 1. The summed E-state index contributed by atoms with van der Waals surface area (Å²) in [5.74, 6) is -1.80. The molecule has 0 radical (unpaired) electrons. The van der Waals surface area contributed by atoms with Crippen LogP contribution in [-0.4, -0.2) is 38.0 Å². The monoisotopic (exact) mass is 382 g/mol. The highest BCUT2D eigenvalue weighted by atomic mass is 32.2. The molecule has 0 bridgehead atoms. The lowest BCUT2D eigenvalue weighted by Gasteiger charge is -2.16. The molecular weight excluding hydrogens is 365 g/mol. The van der Waals surface area contributed by atoms with Gasteiger partial charge in [0.25, 0.3) is 0 Å². The Labute approximate surface area is 141 Å². The van der Waals surface area contributed by atoms with Gasteiger partial charge in [0.05, 0.1) is 10.5 Å². The third kappa shape index (κ3) is 6.58. The van der Waals surface area contributed by atoms with Crippen LogP contribution in [0.5, 0.6) is 0 Å². The lowest BCUT2D eigenvalue weighted by Crippen LogP contribution is -2.41. The Bertz CT molecular complexity index is 737. The summed E-state index contributed by atoms with van der Waals surface area (Å²) in [4.78, 5) is 10.5. The van der Waals surface area contributed by atoms with Crippen molar-refractivity contribution in [1.29, 1.82) is 5.41 Å². The molecule has 0 aromatic heterocycles. The van der Waals surface area contributed by atoms with Gasteiger partial charge in [-0.1, -0.05) is 6.07 Å². The van der Waals surface area contributed by atoms with Crippen molar-refractivity contribution in [3.8, 4) is 0 Å². The summed E-state index contributed by atoms with van der Waals surface area (Å²) >= 11 is 0. The number of rotatable bonds is 8. The van der Waals surface area contributed by atoms with Gasteiger partial charge in [-0.25, -0.2) is 8.42 Å². The predicted octanol–water partition coefficient (Wildman–Crippen LogP) is 0.700.